The fraction of sp³-hybridized carbons (Fsp3) is 0.550. The van der Waals surface area contributed by atoms with Crippen LogP contribution in [0.3, 0.4) is 0 Å². The predicted octanol–water partition coefficient (Wildman–Crippen LogP) is 3.14. The molecule has 2 saturated heterocycles. The van der Waals surface area contributed by atoms with E-state index in [-0.39, 0.29) is 18.3 Å². The van der Waals surface area contributed by atoms with Crippen LogP contribution < -0.4 is 5.46 Å². The molecule has 3 heterocycles. The maximum absolute atomic E-state index is 6.19. The molecule has 4 rings (SSSR count). The molecule has 0 spiro atoms. The van der Waals surface area contributed by atoms with Crippen LogP contribution in [-0.4, -0.2) is 46.8 Å². The summed E-state index contributed by atoms with van der Waals surface area (Å²) in [6.07, 6.45) is 4.33. The molecule has 0 bridgehead atoms. The minimum absolute atomic E-state index is 0.331. The zero-order valence-electron chi connectivity index (χ0n) is 16.4. The van der Waals surface area contributed by atoms with Gasteiger partial charge in [-0.05, 0) is 65.2 Å². The SMILES string of the molecule is CN1CCCC1c1ncc(-c2cccc(B3OC(C)(C)C(C)(C)O3)c2)[nH]1. The molecule has 2 aliphatic heterocycles. The molecule has 6 heteroatoms. The van der Waals surface area contributed by atoms with Crippen LogP contribution in [-0.2, 0) is 9.31 Å². The average molecular weight is 353 g/mol. The van der Waals surface area contributed by atoms with Crippen molar-refractivity contribution < 1.29 is 9.31 Å². The Morgan fingerprint density at radius 3 is 2.58 bits per heavy atom. The summed E-state index contributed by atoms with van der Waals surface area (Å²) in [5.74, 6) is 1.06. The lowest BCUT2D eigenvalue weighted by atomic mass is 9.78. The highest BCUT2D eigenvalue weighted by atomic mass is 16.7. The van der Waals surface area contributed by atoms with Gasteiger partial charge in [-0.25, -0.2) is 4.98 Å². The Kier molecular flexibility index (Phi) is 4.25. The van der Waals surface area contributed by atoms with E-state index >= 15 is 0 Å². The van der Waals surface area contributed by atoms with E-state index in [1.54, 1.807) is 0 Å². The molecular weight excluding hydrogens is 325 g/mol. The molecule has 26 heavy (non-hydrogen) atoms. The molecule has 1 aromatic heterocycles. The van der Waals surface area contributed by atoms with Crippen molar-refractivity contribution in [2.45, 2.75) is 57.8 Å². The Morgan fingerprint density at radius 1 is 1.19 bits per heavy atom. The Hall–Kier alpha value is -1.63. The predicted molar refractivity (Wildman–Crippen MR) is 104 cm³/mol. The highest BCUT2D eigenvalue weighted by Crippen LogP contribution is 2.36. The van der Waals surface area contributed by atoms with Crippen LogP contribution in [0.15, 0.2) is 30.5 Å². The van der Waals surface area contributed by atoms with E-state index in [0.717, 1.165) is 35.5 Å². The Labute approximate surface area is 156 Å². The lowest BCUT2D eigenvalue weighted by molar-refractivity contribution is 0.00578. The Balaban J connectivity index is 1.58. The van der Waals surface area contributed by atoms with Crippen molar-refractivity contribution in [3.8, 4) is 11.3 Å². The van der Waals surface area contributed by atoms with E-state index in [4.69, 9.17) is 9.31 Å². The molecule has 138 valence electrons. The summed E-state index contributed by atoms with van der Waals surface area (Å²) in [4.78, 5) is 10.5. The molecule has 1 N–H and O–H groups in total. The van der Waals surface area contributed by atoms with Crippen LogP contribution in [0.5, 0.6) is 0 Å². The lowest BCUT2D eigenvalue weighted by Gasteiger charge is -2.32. The first-order chi connectivity index (χ1) is 12.3. The van der Waals surface area contributed by atoms with Crippen molar-refractivity contribution in [1.29, 1.82) is 0 Å². The number of aromatic nitrogens is 2. The van der Waals surface area contributed by atoms with Crippen molar-refractivity contribution in [2.24, 2.45) is 0 Å². The quantitative estimate of drug-likeness (QED) is 0.862. The largest absolute Gasteiger partial charge is 0.494 e. The normalized spacial score (nSPS) is 25.1. The molecule has 0 saturated carbocycles. The highest BCUT2D eigenvalue weighted by Gasteiger charge is 2.51. The van der Waals surface area contributed by atoms with Gasteiger partial charge in [0.05, 0.1) is 29.1 Å². The van der Waals surface area contributed by atoms with E-state index in [0.29, 0.717) is 6.04 Å². The first-order valence-corrected chi connectivity index (χ1v) is 9.48. The van der Waals surface area contributed by atoms with Crippen LogP contribution >= 0.6 is 0 Å². The number of hydrogen-bond donors (Lipinski definition) is 1. The molecule has 2 fully saturated rings. The number of imidazole rings is 1. The van der Waals surface area contributed by atoms with Crippen molar-refractivity contribution in [2.75, 3.05) is 13.6 Å². The van der Waals surface area contributed by atoms with E-state index < -0.39 is 0 Å². The van der Waals surface area contributed by atoms with Gasteiger partial charge in [0, 0.05) is 0 Å². The summed E-state index contributed by atoms with van der Waals surface area (Å²) in [5, 5.41) is 0. The van der Waals surface area contributed by atoms with Crippen LogP contribution in [0.25, 0.3) is 11.3 Å². The van der Waals surface area contributed by atoms with Gasteiger partial charge in [-0.2, -0.15) is 0 Å². The first-order valence-electron chi connectivity index (χ1n) is 9.48. The summed E-state index contributed by atoms with van der Waals surface area (Å²) >= 11 is 0. The summed E-state index contributed by atoms with van der Waals surface area (Å²) in [6, 6.07) is 8.75. The highest BCUT2D eigenvalue weighted by molar-refractivity contribution is 6.62. The smallest absolute Gasteiger partial charge is 0.399 e. The number of H-pyrrole nitrogens is 1. The molecular formula is C20H28BN3O2. The van der Waals surface area contributed by atoms with Crippen molar-refractivity contribution >= 4 is 12.6 Å². The second kappa shape index (κ2) is 6.22. The standard InChI is InChI=1S/C20H28BN3O2/c1-19(2)20(3,4)26-21(25-19)15-9-6-8-14(12-15)16-13-22-18(23-16)17-10-7-11-24(17)5/h6,8-9,12-13,17H,7,10-11H2,1-5H3,(H,22,23). The van der Waals surface area contributed by atoms with Gasteiger partial charge < -0.3 is 14.3 Å². The van der Waals surface area contributed by atoms with Gasteiger partial charge in [0.1, 0.15) is 5.82 Å². The third-order valence-electron chi connectivity index (χ3n) is 6.15. The Morgan fingerprint density at radius 2 is 1.92 bits per heavy atom. The first kappa shape index (κ1) is 17.8. The Bertz CT molecular complexity index is 786. The summed E-state index contributed by atoms with van der Waals surface area (Å²) in [5.41, 5.74) is 2.52. The molecule has 0 aliphatic carbocycles. The molecule has 2 aliphatic rings. The van der Waals surface area contributed by atoms with Crippen LogP contribution in [0.1, 0.15) is 52.4 Å². The van der Waals surface area contributed by atoms with E-state index in [1.165, 1.54) is 6.42 Å². The van der Waals surface area contributed by atoms with Gasteiger partial charge in [0.2, 0.25) is 0 Å². The maximum Gasteiger partial charge on any atom is 0.494 e. The number of rotatable bonds is 3. The van der Waals surface area contributed by atoms with Crippen molar-refractivity contribution in [3.05, 3.63) is 36.3 Å². The van der Waals surface area contributed by atoms with Gasteiger partial charge in [0.15, 0.2) is 0 Å². The van der Waals surface area contributed by atoms with E-state index in [9.17, 15) is 0 Å². The molecule has 1 atom stereocenters. The maximum atomic E-state index is 6.19. The topological polar surface area (TPSA) is 50.4 Å². The minimum Gasteiger partial charge on any atom is -0.399 e. The molecule has 5 nitrogen and oxygen atoms in total. The van der Waals surface area contributed by atoms with Gasteiger partial charge >= 0.3 is 7.12 Å². The van der Waals surface area contributed by atoms with Gasteiger partial charge in [-0.15, -0.1) is 0 Å². The number of aromatic amines is 1. The summed E-state index contributed by atoms with van der Waals surface area (Å²) in [7, 11) is 1.82. The number of hydrogen-bond acceptors (Lipinski definition) is 4. The molecule has 1 aromatic carbocycles. The van der Waals surface area contributed by atoms with E-state index in [2.05, 4.69) is 73.9 Å². The molecule has 1 unspecified atom stereocenters. The second-order valence-electron chi connectivity index (χ2n) is 8.53. The third kappa shape index (κ3) is 3.00. The molecule has 2 aromatic rings. The fourth-order valence-electron chi connectivity index (χ4n) is 3.74. The van der Waals surface area contributed by atoms with E-state index in [1.807, 2.05) is 6.20 Å². The lowest BCUT2D eigenvalue weighted by Crippen LogP contribution is -2.41. The number of nitrogens with zero attached hydrogens (tertiary/aromatic N) is 2. The van der Waals surface area contributed by atoms with Crippen LogP contribution in [0.4, 0.5) is 0 Å². The van der Waals surface area contributed by atoms with Gasteiger partial charge in [-0.3, -0.25) is 4.90 Å². The average Bonchev–Trinajstić information content (AvgIpc) is 3.26. The second-order valence-corrected chi connectivity index (χ2v) is 8.53. The number of benzene rings is 1. The summed E-state index contributed by atoms with van der Waals surface area (Å²) < 4.78 is 12.4. The van der Waals surface area contributed by atoms with Crippen LogP contribution in [0, 0.1) is 0 Å². The zero-order chi connectivity index (χ0) is 18.5. The third-order valence-corrected chi connectivity index (χ3v) is 6.15. The minimum atomic E-state index is -0.344. The van der Waals surface area contributed by atoms with Gasteiger partial charge in [-0.1, -0.05) is 24.3 Å². The van der Waals surface area contributed by atoms with Gasteiger partial charge in [0.25, 0.3) is 0 Å². The van der Waals surface area contributed by atoms with Crippen molar-refractivity contribution in [3.63, 3.8) is 0 Å². The van der Waals surface area contributed by atoms with Crippen LogP contribution in [0.2, 0.25) is 0 Å². The fourth-order valence-corrected chi connectivity index (χ4v) is 3.74. The zero-order valence-corrected chi connectivity index (χ0v) is 16.4. The number of nitrogens with one attached hydrogen (secondary N) is 1. The molecule has 0 radical (unpaired) electrons. The molecule has 0 amide bonds. The monoisotopic (exact) mass is 353 g/mol. The summed E-state index contributed by atoms with van der Waals surface area (Å²) in [6.45, 7) is 9.45. The van der Waals surface area contributed by atoms with Crippen molar-refractivity contribution in [1.82, 2.24) is 14.9 Å². The number of likely N-dealkylation sites (tertiary alicyclic amines) is 1.